The van der Waals surface area contributed by atoms with E-state index in [0.717, 1.165) is 15.0 Å². The third-order valence-electron chi connectivity index (χ3n) is 4.42. The van der Waals surface area contributed by atoms with Crippen molar-refractivity contribution in [1.82, 2.24) is 0 Å². The summed E-state index contributed by atoms with van der Waals surface area (Å²) in [7, 11) is 0. The quantitative estimate of drug-likeness (QED) is 0.353. The fourth-order valence-corrected chi connectivity index (χ4v) is 4.24. The first-order valence-corrected chi connectivity index (χ1v) is 9.15. The Kier molecular flexibility index (Phi) is 5.04. The maximum atomic E-state index is 12.8. The van der Waals surface area contributed by atoms with Crippen molar-refractivity contribution in [2.45, 2.75) is 25.7 Å². The number of carbonyl (C=O) groups excluding carboxylic acids is 1. The molecule has 0 aliphatic rings. The Hall–Kier alpha value is -2.73. The van der Waals surface area contributed by atoms with Crippen LogP contribution in [0.2, 0.25) is 0 Å². The number of benzene rings is 2. The second-order valence-electron chi connectivity index (χ2n) is 6.29. The van der Waals surface area contributed by atoms with Crippen molar-refractivity contribution in [3.63, 3.8) is 0 Å². The van der Waals surface area contributed by atoms with E-state index in [-0.39, 0.29) is 18.3 Å². The maximum Gasteiger partial charge on any atom is 0.316 e. The van der Waals surface area contributed by atoms with Crippen LogP contribution < -0.4 is 0 Å². The van der Waals surface area contributed by atoms with Gasteiger partial charge in [-0.25, -0.2) is 0 Å². The molecule has 2 aromatic carbocycles. The van der Waals surface area contributed by atoms with E-state index in [2.05, 4.69) is 6.07 Å². The van der Waals surface area contributed by atoms with Crippen LogP contribution in [0.4, 0.5) is 5.69 Å². The molecular weight excluding hydrogens is 350 g/mol. The van der Waals surface area contributed by atoms with Gasteiger partial charge in [-0.15, -0.1) is 11.3 Å². The van der Waals surface area contributed by atoms with Gasteiger partial charge >= 0.3 is 5.97 Å². The second kappa shape index (κ2) is 7.25. The predicted molar refractivity (Wildman–Crippen MR) is 103 cm³/mol. The second-order valence-corrected chi connectivity index (χ2v) is 7.46. The van der Waals surface area contributed by atoms with Gasteiger partial charge in [0.25, 0.3) is 5.69 Å². The Bertz CT molecular complexity index is 932. The summed E-state index contributed by atoms with van der Waals surface area (Å²) in [4.78, 5) is 24.5. The molecule has 0 amide bonds. The van der Waals surface area contributed by atoms with Crippen LogP contribution in [0, 0.1) is 10.1 Å². The van der Waals surface area contributed by atoms with Gasteiger partial charge < -0.3 is 4.74 Å². The molecule has 26 heavy (non-hydrogen) atoms. The monoisotopic (exact) mass is 369 g/mol. The number of hydrogen-bond donors (Lipinski definition) is 0. The van der Waals surface area contributed by atoms with Crippen molar-refractivity contribution >= 4 is 33.1 Å². The Morgan fingerprint density at radius 2 is 1.96 bits per heavy atom. The zero-order chi connectivity index (χ0) is 18.7. The van der Waals surface area contributed by atoms with E-state index in [1.807, 2.05) is 24.3 Å². The number of hydrogen-bond acceptors (Lipinski definition) is 5. The van der Waals surface area contributed by atoms with Gasteiger partial charge in [0, 0.05) is 28.1 Å². The molecular formula is C20H19NO4S. The Labute approximate surface area is 155 Å². The summed E-state index contributed by atoms with van der Waals surface area (Å²) in [6.45, 7) is 3.80. The molecule has 0 saturated heterocycles. The zero-order valence-electron chi connectivity index (χ0n) is 14.6. The van der Waals surface area contributed by atoms with Crippen molar-refractivity contribution in [3.8, 4) is 0 Å². The minimum Gasteiger partial charge on any atom is -0.465 e. The maximum absolute atomic E-state index is 12.8. The van der Waals surface area contributed by atoms with Gasteiger partial charge in [-0.05, 0) is 36.9 Å². The summed E-state index contributed by atoms with van der Waals surface area (Å²) in [6, 6.07) is 16.3. The van der Waals surface area contributed by atoms with Crippen LogP contribution >= 0.6 is 11.3 Å². The van der Waals surface area contributed by atoms with E-state index in [1.165, 1.54) is 12.1 Å². The summed E-state index contributed by atoms with van der Waals surface area (Å²) in [5, 5.41) is 12.3. The van der Waals surface area contributed by atoms with Crippen LogP contribution in [0.15, 0.2) is 54.6 Å². The molecule has 5 nitrogen and oxygen atoms in total. The number of carbonyl (C=O) groups is 1. The van der Waals surface area contributed by atoms with Crippen LogP contribution in [-0.4, -0.2) is 17.5 Å². The Morgan fingerprint density at radius 3 is 2.65 bits per heavy atom. The van der Waals surface area contributed by atoms with Crippen molar-refractivity contribution in [2.24, 2.45) is 0 Å². The van der Waals surface area contributed by atoms with Crippen molar-refractivity contribution in [3.05, 3.63) is 75.2 Å². The lowest BCUT2D eigenvalue weighted by Gasteiger charge is -2.27. The Morgan fingerprint density at radius 1 is 1.19 bits per heavy atom. The average molecular weight is 369 g/mol. The van der Waals surface area contributed by atoms with Gasteiger partial charge in [0.1, 0.15) is 0 Å². The molecule has 0 fully saturated rings. The lowest BCUT2D eigenvalue weighted by atomic mass is 9.78. The molecule has 0 saturated carbocycles. The topological polar surface area (TPSA) is 69.4 Å². The average Bonchev–Trinajstić information content (AvgIpc) is 3.03. The molecule has 0 N–H and O–H groups in total. The molecule has 0 spiro atoms. The largest absolute Gasteiger partial charge is 0.465 e. The number of nitro groups is 1. The lowest BCUT2D eigenvalue weighted by molar-refractivity contribution is -0.384. The number of fused-ring (bicyclic) bond motifs is 1. The molecule has 0 radical (unpaired) electrons. The fraction of sp³-hybridized carbons (Fsp3) is 0.250. The molecule has 0 bridgehead atoms. The van der Waals surface area contributed by atoms with Gasteiger partial charge in [-0.2, -0.15) is 0 Å². The SMILES string of the molecule is CCOC(=O)C(C)(Cc1cc2ccccc2s1)c1cccc([N+](=O)[O-])c1. The van der Waals surface area contributed by atoms with E-state index >= 15 is 0 Å². The lowest BCUT2D eigenvalue weighted by Crippen LogP contribution is -2.36. The minimum absolute atomic E-state index is 0.0330. The zero-order valence-corrected chi connectivity index (χ0v) is 15.4. The van der Waals surface area contributed by atoms with Crippen molar-refractivity contribution < 1.29 is 14.5 Å². The molecule has 134 valence electrons. The van der Waals surface area contributed by atoms with E-state index in [4.69, 9.17) is 4.74 Å². The third-order valence-corrected chi connectivity index (χ3v) is 5.54. The minimum atomic E-state index is -0.997. The fourth-order valence-electron chi connectivity index (χ4n) is 3.02. The predicted octanol–water partition coefficient (Wildman–Crippen LogP) is 4.87. The summed E-state index contributed by atoms with van der Waals surface area (Å²) in [5.41, 5.74) is -0.444. The summed E-state index contributed by atoms with van der Waals surface area (Å²) >= 11 is 1.62. The number of non-ortho nitro benzene ring substituents is 1. The molecule has 1 atom stereocenters. The van der Waals surface area contributed by atoms with Crippen LogP contribution in [0.25, 0.3) is 10.1 Å². The number of esters is 1. The Balaban J connectivity index is 2.04. The summed E-state index contributed by atoms with van der Waals surface area (Å²) in [5.74, 6) is -0.377. The summed E-state index contributed by atoms with van der Waals surface area (Å²) < 4.78 is 6.45. The van der Waals surface area contributed by atoms with Gasteiger partial charge in [0.15, 0.2) is 0 Å². The number of ether oxygens (including phenoxy) is 1. The van der Waals surface area contributed by atoms with E-state index in [9.17, 15) is 14.9 Å². The van der Waals surface area contributed by atoms with Crippen LogP contribution in [-0.2, 0) is 21.4 Å². The normalized spacial score (nSPS) is 13.3. The smallest absolute Gasteiger partial charge is 0.316 e. The van der Waals surface area contributed by atoms with Gasteiger partial charge in [0.05, 0.1) is 16.9 Å². The highest BCUT2D eigenvalue weighted by molar-refractivity contribution is 7.19. The molecule has 0 aliphatic heterocycles. The highest BCUT2D eigenvalue weighted by atomic mass is 32.1. The molecule has 1 unspecified atom stereocenters. The molecule has 1 heterocycles. The van der Waals surface area contributed by atoms with Crippen molar-refractivity contribution in [1.29, 1.82) is 0 Å². The van der Waals surface area contributed by atoms with E-state index < -0.39 is 10.3 Å². The number of rotatable bonds is 6. The number of thiophene rings is 1. The first-order valence-electron chi connectivity index (χ1n) is 8.33. The van der Waals surface area contributed by atoms with Crippen LogP contribution in [0.1, 0.15) is 24.3 Å². The molecule has 3 rings (SSSR count). The van der Waals surface area contributed by atoms with Crippen molar-refractivity contribution in [2.75, 3.05) is 6.61 Å². The first-order chi connectivity index (χ1) is 12.4. The van der Waals surface area contributed by atoms with E-state index in [0.29, 0.717) is 12.0 Å². The molecule has 3 aromatic rings. The highest BCUT2D eigenvalue weighted by Crippen LogP contribution is 2.35. The van der Waals surface area contributed by atoms with Gasteiger partial charge in [-0.1, -0.05) is 30.3 Å². The van der Waals surface area contributed by atoms with E-state index in [1.54, 1.807) is 37.3 Å². The van der Waals surface area contributed by atoms with Crippen LogP contribution in [0.5, 0.6) is 0 Å². The highest BCUT2D eigenvalue weighted by Gasteiger charge is 2.38. The number of nitrogens with zero attached hydrogens (tertiary/aromatic N) is 1. The standard InChI is InChI=1S/C20H19NO4S/c1-3-25-19(22)20(2,15-8-6-9-16(12-15)21(23)24)13-17-11-14-7-4-5-10-18(14)26-17/h4-12H,3,13H2,1-2H3. The molecule has 1 aromatic heterocycles. The van der Waals surface area contributed by atoms with Gasteiger partial charge in [-0.3, -0.25) is 14.9 Å². The molecule has 6 heteroatoms. The molecule has 0 aliphatic carbocycles. The van der Waals surface area contributed by atoms with Crippen LogP contribution in [0.3, 0.4) is 0 Å². The summed E-state index contributed by atoms with van der Waals surface area (Å²) in [6.07, 6.45) is 0.423. The third kappa shape index (κ3) is 3.46. The first kappa shape index (κ1) is 18.1. The number of nitro benzene ring substituents is 1. The van der Waals surface area contributed by atoms with Gasteiger partial charge in [0.2, 0.25) is 0 Å².